The Labute approximate surface area is 95.2 Å². The molecule has 0 atom stereocenters. The fraction of sp³-hybridized carbons (Fsp3) is 0.222. The van der Waals surface area contributed by atoms with Crippen molar-refractivity contribution in [2.75, 3.05) is 5.33 Å². The van der Waals surface area contributed by atoms with Crippen molar-refractivity contribution in [1.82, 2.24) is 0 Å². The molecule has 0 N–H and O–H groups in total. The monoisotopic (exact) mass is 280 g/mol. The van der Waals surface area contributed by atoms with Gasteiger partial charge in [0.05, 0.1) is 15.4 Å². The summed E-state index contributed by atoms with van der Waals surface area (Å²) in [5, 5.41) is 1.05. The van der Waals surface area contributed by atoms with Crippen LogP contribution in [0.25, 0.3) is 0 Å². The summed E-state index contributed by atoms with van der Waals surface area (Å²) >= 11 is 14.9. The molecule has 1 nitrogen and oxygen atoms in total. The lowest BCUT2D eigenvalue weighted by molar-refractivity contribution is 0.102. The minimum absolute atomic E-state index is 0.0631. The first-order valence-electron chi connectivity index (χ1n) is 3.61. The zero-order valence-corrected chi connectivity index (χ0v) is 10.0. The van der Waals surface area contributed by atoms with Gasteiger partial charge in [-0.1, -0.05) is 45.2 Å². The van der Waals surface area contributed by atoms with E-state index in [9.17, 15) is 4.79 Å². The third-order valence-corrected chi connectivity index (χ3v) is 3.18. The number of ketones is 1. The van der Waals surface area contributed by atoms with E-state index in [0.29, 0.717) is 15.6 Å². The van der Waals surface area contributed by atoms with Gasteiger partial charge in [0.15, 0.2) is 5.78 Å². The molecule has 0 fully saturated rings. The van der Waals surface area contributed by atoms with Crippen LogP contribution in [0, 0.1) is 6.92 Å². The molecule has 0 radical (unpaired) electrons. The Kier molecular flexibility index (Phi) is 3.77. The second-order valence-electron chi connectivity index (χ2n) is 2.61. The molecule has 0 spiro atoms. The molecular formula is C9H7BrCl2O. The second-order valence-corrected chi connectivity index (χ2v) is 3.93. The lowest BCUT2D eigenvalue weighted by Gasteiger charge is -2.05. The van der Waals surface area contributed by atoms with Crippen molar-refractivity contribution in [3.63, 3.8) is 0 Å². The van der Waals surface area contributed by atoms with Crippen LogP contribution in [0.2, 0.25) is 10.0 Å². The fourth-order valence-electron chi connectivity index (χ4n) is 0.933. The van der Waals surface area contributed by atoms with E-state index in [1.54, 1.807) is 12.1 Å². The summed E-state index contributed by atoms with van der Waals surface area (Å²) in [7, 11) is 0. The summed E-state index contributed by atoms with van der Waals surface area (Å²) in [5.41, 5.74) is 1.34. The number of carbonyl (C=O) groups excluding carboxylic acids is 1. The topological polar surface area (TPSA) is 17.1 Å². The molecule has 1 aromatic carbocycles. The Balaban J connectivity index is 3.26. The lowest BCUT2D eigenvalue weighted by atomic mass is 10.1. The molecule has 0 saturated carbocycles. The number of benzene rings is 1. The summed E-state index contributed by atoms with van der Waals surface area (Å²) in [5.74, 6) is -0.0631. The normalized spacial score (nSPS) is 10.2. The SMILES string of the molecule is Cc1ccc(C(=O)CBr)c(Cl)c1Cl. The van der Waals surface area contributed by atoms with E-state index < -0.39 is 0 Å². The number of hydrogen-bond acceptors (Lipinski definition) is 1. The van der Waals surface area contributed by atoms with Crippen molar-refractivity contribution in [2.45, 2.75) is 6.92 Å². The zero-order chi connectivity index (χ0) is 10.0. The van der Waals surface area contributed by atoms with E-state index in [1.807, 2.05) is 6.92 Å². The van der Waals surface area contributed by atoms with Crippen LogP contribution in [0.3, 0.4) is 0 Å². The van der Waals surface area contributed by atoms with Gasteiger partial charge >= 0.3 is 0 Å². The predicted octanol–water partition coefficient (Wildman–Crippen LogP) is 3.88. The van der Waals surface area contributed by atoms with Crippen molar-refractivity contribution in [3.8, 4) is 0 Å². The predicted molar refractivity (Wildman–Crippen MR) is 59.3 cm³/mol. The number of halogens is 3. The molecule has 0 amide bonds. The molecule has 1 rings (SSSR count). The first-order chi connectivity index (χ1) is 6.07. The van der Waals surface area contributed by atoms with Crippen LogP contribution in [-0.4, -0.2) is 11.1 Å². The van der Waals surface area contributed by atoms with Crippen LogP contribution < -0.4 is 0 Å². The Hall–Kier alpha value is -0.0500. The van der Waals surface area contributed by atoms with Crippen LogP contribution in [0.1, 0.15) is 15.9 Å². The van der Waals surface area contributed by atoms with Crippen molar-refractivity contribution in [1.29, 1.82) is 0 Å². The molecule has 0 aliphatic carbocycles. The first kappa shape index (κ1) is 11.0. The highest BCUT2D eigenvalue weighted by atomic mass is 79.9. The van der Waals surface area contributed by atoms with Crippen molar-refractivity contribution in [2.24, 2.45) is 0 Å². The Morgan fingerprint density at radius 3 is 2.54 bits per heavy atom. The van der Waals surface area contributed by atoms with E-state index >= 15 is 0 Å². The van der Waals surface area contributed by atoms with Crippen molar-refractivity contribution >= 4 is 44.9 Å². The van der Waals surface area contributed by atoms with Gasteiger partial charge in [0.2, 0.25) is 0 Å². The average molecular weight is 282 g/mol. The molecule has 4 heteroatoms. The standard InChI is InChI=1S/C9H7BrCl2O/c1-5-2-3-6(7(13)4-10)9(12)8(5)11/h2-3H,4H2,1H3. The number of aryl methyl sites for hydroxylation is 1. The molecule has 0 bridgehead atoms. The zero-order valence-electron chi connectivity index (χ0n) is 6.90. The maximum absolute atomic E-state index is 11.3. The highest BCUT2D eigenvalue weighted by Gasteiger charge is 2.12. The van der Waals surface area contributed by atoms with Crippen LogP contribution in [-0.2, 0) is 0 Å². The average Bonchev–Trinajstić information content (AvgIpc) is 2.13. The van der Waals surface area contributed by atoms with Gasteiger partial charge in [0, 0.05) is 5.56 Å². The Morgan fingerprint density at radius 1 is 1.38 bits per heavy atom. The minimum atomic E-state index is -0.0631. The maximum atomic E-state index is 11.3. The Bertz CT molecular complexity index is 350. The number of carbonyl (C=O) groups is 1. The van der Waals surface area contributed by atoms with Gasteiger partial charge in [-0.2, -0.15) is 0 Å². The van der Waals surface area contributed by atoms with E-state index in [-0.39, 0.29) is 11.1 Å². The summed E-state index contributed by atoms with van der Waals surface area (Å²) in [6.45, 7) is 1.84. The van der Waals surface area contributed by atoms with Gasteiger partial charge in [0.25, 0.3) is 0 Å². The second kappa shape index (κ2) is 4.45. The third kappa shape index (κ3) is 2.25. The minimum Gasteiger partial charge on any atom is -0.293 e. The van der Waals surface area contributed by atoms with E-state index in [2.05, 4.69) is 15.9 Å². The van der Waals surface area contributed by atoms with E-state index in [0.717, 1.165) is 5.56 Å². The molecular weight excluding hydrogens is 275 g/mol. The number of Topliss-reactive ketones (excluding diaryl/α,β-unsaturated/α-hetero) is 1. The molecule has 70 valence electrons. The number of hydrogen-bond donors (Lipinski definition) is 0. The van der Waals surface area contributed by atoms with Crippen molar-refractivity contribution < 1.29 is 4.79 Å². The highest BCUT2D eigenvalue weighted by Crippen LogP contribution is 2.29. The maximum Gasteiger partial charge on any atom is 0.174 e. The van der Waals surface area contributed by atoms with Gasteiger partial charge in [-0.25, -0.2) is 0 Å². The smallest absolute Gasteiger partial charge is 0.174 e. The highest BCUT2D eigenvalue weighted by molar-refractivity contribution is 9.09. The molecule has 0 saturated heterocycles. The molecule has 0 aliphatic rings. The van der Waals surface area contributed by atoms with E-state index in [4.69, 9.17) is 23.2 Å². The van der Waals surface area contributed by atoms with Crippen molar-refractivity contribution in [3.05, 3.63) is 33.3 Å². The third-order valence-electron chi connectivity index (χ3n) is 1.70. The van der Waals surface area contributed by atoms with E-state index in [1.165, 1.54) is 0 Å². The van der Waals surface area contributed by atoms with Crippen LogP contribution >= 0.6 is 39.1 Å². The van der Waals surface area contributed by atoms with Gasteiger partial charge in [-0.3, -0.25) is 4.79 Å². The Morgan fingerprint density at radius 2 is 2.00 bits per heavy atom. The molecule has 1 aromatic rings. The number of alkyl halides is 1. The molecule has 0 aromatic heterocycles. The summed E-state index contributed by atoms with van der Waals surface area (Å²) < 4.78 is 0. The van der Waals surface area contributed by atoms with Gasteiger partial charge in [0.1, 0.15) is 0 Å². The fourth-order valence-corrected chi connectivity index (χ4v) is 1.72. The molecule has 13 heavy (non-hydrogen) atoms. The summed E-state index contributed by atoms with van der Waals surface area (Å²) in [6.07, 6.45) is 0. The lowest BCUT2D eigenvalue weighted by Crippen LogP contribution is -2.01. The molecule has 0 aliphatic heterocycles. The summed E-state index contributed by atoms with van der Waals surface area (Å²) in [6, 6.07) is 3.47. The van der Waals surface area contributed by atoms with Crippen LogP contribution in [0.5, 0.6) is 0 Å². The summed E-state index contributed by atoms with van der Waals surface area (Å²) in [4.78, 5) is 11.3. The van der Waals surface area contributed by atoms with Crippen LogP contribution in [0.15, 0.2) is 12.1 Å². The number of rotatable bonds is 2. The van der Waals surface area contributed by atoms with Crippen LogP contribution in [0.4, 0.5) is 0 Å². The first-order valence-corrected chi connectivity index (χ1v) is 5.49. The van der Waals surface area contributed by atoms with Gasteiger partial charge in [-0.15, -0.1) is 0 Å². The largest absolute Gasteiger partial charge is 0.293 e. The van der Waals surface area contributed by atoms with Gasteiger partial charge in [-0.05, 0) is 18.6 Å². The quantitative estimate of drug-likeness (QED) is 0.594. The molecule has 0 heterocycles. The van der Waals surface area contributed by atoms with Gasteiger partial charge < -0.3 is 0 Å². The molecule has 0 unspecified atom stereocenters.